The van der Waals surface area contributed by atoms with Crippen LogP contribution in [0.2, 0.25) is 5.04 Å². The van der Waals surface area contributed by atoms with Crippen molar-refractivity contribution in [1.29, 1.82) is 0 Å². The van der Waals surface area contributed by atoms with Crippen molar-refractivity contribution in [2.24, 2.45) is 0 Å². The van der Waals surface area contributed by atoms with Crippen LogP contribution in [0.15, 0.2) is 100 Å². The number of benzene rings is 3. The third-order valence-electron chi connectivity index (χ3n) is 7.42. The molecule has 0 unspecified atom stereocenters. The molecule has 1 fully saturated rings. The van der Waals surface area contributed by atoms with E-state index in [1.165, 1.54) is 10.4 Å². The molecule has 0 aromatic heterocycles. The van der Waals surface area contributed by atoms with Crippen molar-refractivity contribution in [2.75, 3.05) is 6.61 Å². The monoisotopic (exact) mass is 640 g/mol. The topological polar surface area (TPSA) is 36.9 Å². The summed E-state index contributed by atoms with van der Waals surface area (Å²) in [5.74, 6) is -0.690. The first kappa shape index (κ1) is 27.7. The second kappa shape index (κ2) is 11.0. The molecule has 6 heteroatoms. The van der Waals surface area contributed by atoms with Gasteiger partial charge in [-0.2, -0.15) is 0 Å². The molecule has 0 N–H and O–H groups in total. The van der Waals surface area contributed by atoms with Gasteiger partial charge in [-0.15, -0.1) is 0 Å². The highest BCUT2D eigenvalue weighted by Gasteiger charge is 2.58. The molecule has 1 aliphatic carbocycles. The summed E-state index contributed by atoms with van der Waals surface area (Å²) in [5.41, 5.74) is 2.28. The third kappa shape index (κ3) is 5.31. The Labute approximate surface area is 241 Å². The number of fused-ring (bicyclic) bond motifs is 1. The number of ether oxygens (including phenoxy) is 3. The largest absolute Gasteiger partial charge is 0.397 e. The fraction of sp³-hybridized carbons (Fsp3) is 0.375. The van der Waals surface area contributed by atoms with E-state index >= 15 is 0 Å². The lowest BCUT2D eigenvalue weighted by molar-refractivity contribution is -0.152. The highest BCUT2D eigenvalue weighted by molar-refractivity contribution is 14.1. The third-order valence-corrected chi connectivity index (χ3v) is 13.7. The molecule has 2 aliphatic rings. The summed E-state index contributed by atoms with van der Waals surface area (Å²) in [6.07, 6.45) is -0.672. The van der Waals surface area contributed by atoms with E-state index in [0.717, 1.165) is 14.7 Å². The van der Waals surface area contributed by atoms with Gasteiger partial charge in [0, 0.05) is 3.58 Å². The molecule has 3 aromatic carbocycles. The van der Waals surface area contributed by atoms with Gasteiger partial charge in [-0.3, -0.25) is 0 Å². The van der Waals surface area contributed by atoms with Crippen molar-refractivity contribution >= 4 is 41.3 Å². The number of halogens is 1. The van der Waals surface area contributed by atoms with Crippen molar-refractivity contribution in [1.82, 2.24) is 0 Å². The average molecular weight is 641 g/mol. The number of rotatable bonds is 8. The van der Waals surface area contributed by atoms with Gasteiger partial charge in [0.05, 0.1) is 13.2 Å². The first-order valence-corrected chi connectivity index (χ1v) is 16.3. The minimum absolute atomic E-state index is 0.135. The van der Waals surface area contributed by atoms with Crippen LogP contribution in [0.25, 0.3) is 0 Å². The summed E-state index contributed by atoms with van der Waals surface area (Å²) < 4.78 is 27.9. The second-order valence-corrected chi connectivity index (χ2v) is 17.0. The lowest BCUT2D eigenvalue weighted by atomic mass is 10.1. The lowest BCUT2D eigenvalue weighted by Crippen LogP contribution is -2.68. The van der Waals surface area contributed by atoms with E-state index in [2.05, 4.69) is 116 Å². The predicted octanol–water partition coefficient (Wildman–Crippen LogP) is 6.37. The van der Waals surface area contributed by atoms with E-state index in [9.17, 15) is 0 Å². The van der Waals surface area contributed by atoms with Crippen molar-refractivity contribution < 1.29 is 18.6 Å². The molecule has 1 saturated heterocycles. The van der Waals surface area contributed by atoms with Crippen molar-refractivity contribution in [3.8, 4) is 0 Å². The average Bonchev–Trinajstić information content (AvgIpc) is 3.33. The molecule has 200 valence electrons. The van der Waals surface area contributed by atoms with Gasteiger partial charge in [0.1, 0.15) is 18.3 Å². The molecular weight excluding hydrogens is 603 g/mol. The zero-order valence-corrected chi connectivity index (χ0v) is 26.0. The van der Waals surface area contributed by atoms with Crippen LogP contribution < -0.4 is 10.4 Å². The fourth-order valence-corrected chi connectivity index (χ4v) is 11.6. The Morgan fingerprint density at radius 2 is 1.32 bits per heavy atom. The van der Waals surface area contributed by atoms with Crippen LogP contribution in [0, 0.1) is 0 Å². The van der Waals surface area contributed by atoms with Crippen LogP contribution in [0.5, 0.6) is 0 Å². The SMILES string of the molecule is CC1(C)O[C@@H]2[C@H](O1)C(COCc1ccccc1)=C(I)[C@@H]2O[Si](c1ccccc1)(c1ccccc1)C(C)(C)C. The molecule has 3 atom stereocenters. The first-order chi connectivity index (χ1) is 18.1. The molecule has 0 spiro atoms. The number of hydrogen-bond acceptors (Lipinski definition) is 4. The van der Waals surface area contributed by atoms with Crippen molar-refractivity contribution in [2.45, 2.75) is 70.4 Å². The van der Waals surface area contributed by atoms with Crippen LogP contribution in [0.1, 0.15) is 40.2 Å². The van der Waals surface area contributed by atoms with Crippen molar-refractivity contribution in [3.63, 3.8) is 0 Å². The minimum atomic E-state index is -2.79. The minimum Gasteiger partial charge on any atom is -0.397 e. The van der Waals surface area contributed by atoms with Crippen LogP contribution in [0.4, 0.5) is 0 Å². The number of hydrogen-bond donors (Lipinski definition) is 0. The summed E-state index contributed by atoms with van der Waals surface area (Å²) in [7, 11) is -2.79. The quantitative estimate of drug-likeness (QED) is 0.212. The van der Waals surface area contributed by atoms with Crippen LogP contribution in [-0.4, -0.2) is 39.0 Å². The molecule has 38 heavy (non-hydrogen) atoms. The van der Waals surface area contributed by atoms with E-state index < -0.39 is 14.1 Å². The Morgan fingerprint density at radius 1 is 0.789 bits per heavy atom. The molecule has 1 heterocycles. The van der Waals surface area contributed by atoms with E-state index in [1.54, 1.807) is 0 Å². The molecule has 0 saturated carbocycles. The van der Waals surface area contributed by atoms with Gasteiger partial charge in [-0.1, -0.05) is 112 Å². The summed E-state index contributed by atoms with van der Waals surface area (Å²) >= 11 is 2.45. The van der Waals surface area contributed by atoms with Crippen LogP contribution >= 0.6 is 22.6 Å². The highest BCUT2D eigenvalue weighted by atomic mass is 127. The van der Waals surface area contributed by atoms with Gasteiger partial charge >= 0.3 is 0 Å². The highest BCUT2D eigenvalue weighted by Crippen LogP contribution is 2.48. The van der Waals surface area contributed by atoms with E-state index in [0.29, 0.717) is 13.2 Å². The molecule has 4 nitrogen and oxygen atoms in total. The maximum absolute atomic E-state index is 7.56. The molecule has 3 aromatic rings. The molecular formula is C32H37IO4Si. The second-order valence-electron chi connectivity index (χ2n) is 11.6. The van der Waals surface area contributed by atoms with Gasteiger partial charge in [0.15, 0.2) is 5.79 Å². The molecule has 0 radical (unpaired) electrons. The Hall–Kier alpha value is -1.81. The maximum atomic E-state index is 7.56. The normalized spacial score (nSPS) is 23.1. The van der Waals surface area contributed by atoms with Gasteiger partial charge < -0.3 is 18.6 Å². The Kier molecular flexibility index (Phi) is 8.02. The summed E-state index contributed by atoms with van der Waals surface area (Å²) in [5, 5.41) is 2.38. The van der Waals surface area contributed by atoms with Gasteiger partial charge in [0.2, 0.25) is 0 Å². The molecule has 1 aliphatic heterocycles. The Balaban J connectivity index is 1.54. The standard InChI is InChI=1S/C32H37IO4Si/c1-31(2,3)38(24-17-11-7-12-18-24,25-19-13-8-14-20-25)37-29-27(33)26(28-30(29)36-32(4,5)35-28)22-34-21-23-15-9-6-10-16-23/h6-20,28-30H,21-22H2,1-5H3/t28-,29+,30-/m1/s1. The maximum Gasteiger partial charge on any atom is 0.262 e. The van der Waals surface area contributed by atoms with Gasteiger partial charge in [0.25, 0.3) is 8.32 Å². The van der Waals surface area contributed by atoms with Crippen LogP contribution in [0.3, 0.4) is 0 Å². The summed E-state index contributed by atoms with van der Waals surface area (Å²) in [6, 6.07) is 31.8. The van der Waals surface area contributed by atoms with Crippen molar-refractivity contribution in [3.05, 3.63) is 106 Å². The van der Waals surface area contributed by atoms with Crippen LogP contribution in [-0.2, 0) is 25.2 Å². The fourth-order valence-electron chi connectivity index (χ4n) is 5.75. The summed E-state index contributed by atoms with van der Waals surface area (Å²) in [4.78, 5) is 0. The molecule has 0 bridgehead atoms. The first-order valence-electron chi connectivity index (χ1n) is 13.3. The Morgan fingerprint density at radius 3 is 1.84 bits per heavy atom. The molecule has 5 rings (SSSR count). The van der Waals surface area contributed by atoms with Gasteiger partial charge in [-0.05, 0) is 63.0 Å². The lowest BCUT2D eigenvalue weighted by Gasteiger charge is -2.45. The zero-order chi connectivity index (χ0) is 27.0. The Bertz CT molecular complexity index is 1220. The van der Waals surface area contributed by atoms with E-state index in [4.69, 9.17) is 18.6 Å². The smallest absolute Gasteiger partial charge is 0.262 e. The summed E-state index contributed by atoms with van der Waals surface area (Å²) in [6.45, 7) is 11.9. The predicted molar refractivity (Wildman–Crippen MR) is 163 cm³/mol. The zero-order valence-electron chi connectivity index (χ0n) is 22.8. The van der Waals surface area contributed by atoms with Gasteiger partial charge in [-0.25, -0.2) is 0 Å². The van der Waals surface area contributed by atoms with E-state index in [1.807, 2.05) is 32.0 Å². The molecule has 0 amide bonds. The van der Waals surface area contributed by atoms with E-state index in [-0.39, 0.29) is 23.4 Å².